The standard InChI is InChI=1S/C18H22N2O4S2/c1-3-24-12-11-19-17(21)13-25-18(19)16-5-4-10-20(16)26(22,23)15-8-6-14(2)7-9-15/h4-10,18H,3,11-13H2,1-2H3. The molecule has 6 nitrogen and oxygen atoms in total. The van der Waals surface area contributed by atoms with E-state index >= 15 is 0 Å². The van der Waals surface area contributed by atoms with Crippen LogP contribution in [-0.4, -0.2) is 48.7 Å². The summed E-state index contributed by atoms with van der Waals surface area (Å²) in [4.78, 5) is 14.2. The summed E-state index contributed by atoms with van der Waals surface area (Å²) in [6.07, 6.45) is 1.54. The lowest BCUT2D eigenvalue weighted by Gasteiger charge is -2.25. The molecule has 140 valence electrons. The molecule has 1 amide bonds. The highest BCUT2D eigenvalue weighted by Crippen LogP contribution is 2.39. The molecular formula is C18H22N2O4S2. The number of benzene rings is 1. The summed E-state index contributed by atoms with van der Waals surface area (Å²) in [6.45, 7) is 5.27. The van der Waals surface area contributed by atoms with Gasteiger partial charge in [0.1, 0.15) is 5.37 Å². The van der Waals surface area contributed by atoms with Crippen molar-refractivity contribution < 1.29 is 17.9 Å². The van der Waals surface area contributed by atoms with Gasteiger partial charge in [-0.25, -0.2) is 12.4 Å². The number of carbonyl (C=O) groups excluding carboxylic acids is 1. The summed E-state index contributed by atoms with van der Waals surface area (Å²) in [7, 11) is -3.71. The van der Waals surface area contributed by atoms with E-state index in [9.17, 15) is 13.2 Å². The average molecular weight is 395 g/mol. The van der Waals surface area contributed by atoms with Crippen molar-refractivity contribution in [2.45, 2.75) is 24.1 Å². The lowest BCUT2D eigenvalue weighted by molar-refractivity contribution is -0.128. The molecule has 2 aromatic rings. The van der Waals surface area contributed by atoms with Crippen LogP contribution in [0.2, 0.25) is 0 Å². The zero-order chi connectivity index (χ0) is 18.7. The van der Waals surface area contributed by atoms with E-state index < -0.39 is 10.0 Å². The Morgan fingerprint density at radius 3 is 2.65 bits per heavy atom. The monoisotopic (exact) mass is 394 g/mol. The number of hydrogen-bond acceptors (Lipinski definition) is 5. The van der Waals surface area contributed by atoms with E-state index in [1.165, 1.54) is 21.9 Å². The van der Waals surface area contributed by atoms with Gasteiger partial charge in [-0.1, -0.05) is 17.7 Å². The van der Waals surface area contributed by atoms with Crippen molar-refractivity contribution in [3.63, 3.8) is 0 Å². The van der Waals surface area contributed by atoms with Gasteiger partial charge in [0.2, 0.25) is 5.91 Å². The molecule has 1 atom stereocenters. The molecule has 1 aliphatic heterocycles. The van der Waals surface area contributed by atoms with Crippen molar-refractivity contribution in [1.29, 1.82) is 0 Å². The SMILES string of the molecule is CCOCCN1C(=O)CSC1c1cccn1S(=O)(=O)c1ccc(C)cc1. The van der Waals surface area contributed by atoms with Gasteiger partial charge >= 0.3 is 0 Å². The van der Waals surface area contributed by atoms with Crippen LogP contribution in [0.25, 0.3) is 0 Å². The number of aryl methyl sites for hydroxylation is 1. The van der Waals surface area contributed by atoms with Gasteiger partial charge in [-0.15, -0.1) is 11.8 Å². The highest BCUT2D eigenvalue weighted by Gasteiger charge is 2.36. The zero-order valence-electron chi connectivity index (χ0n) is 14.8. The van der Waals surface area contributed by atoms with Crippen LogP contribution in [0.4, 0.5) is 0 Å². The molecule has 0 aliphatic carbocycles. The summed E-state index contributed by atoms with van der Waals surface area (Å²) >= 11 is 1.44. The number of nitrogens with zero attached hydrogens (tertiary/aromatic N) is 2. The Morgan fingerprint density at radius 2 is 1.96 bits per heavy atom. The maximum absolute atomic E-state index is 13.1. The molecule has 0 N–H and O–H groups in total. The highest BCUT2D eigenvalue weighted by atomic mass is 32.2. The number of rotatable bonds is 7. The number of ether oxygens (including phenoxy) is 1. The first-order valence-electron chi connectivity index (χ1n) is 8.43. The summed E-state index contributed by atoms with van der Waals surface area (Å²) in [5.41, 5.74) is 1.58. The van der Waals surface area contributed by atoms with Crippen LogP contribution < -0.4 is 0 Å². The molecule has 1 aliphatic rings. The Bertz CT molecular complexity index is 875. The minimum Gasteiger partial charge on any atom is -0.380 e. The number of carbonyl (C=O) groups is 1. The molecule has 0 bridgehead atoms. The minimum absolute atomic E-state index is 0.000173. The van der Waals surface area contributed by atoms with Crippen molar-refractivity contribution >= 4 is 27.7 Å². The summed E-state index contributed by atoms with van der Waals surface area (Å²) < 4.78 is 32.8. The van der Waals surface area contributed by atoms with Gasteiger partial charge in [0.25, 0.3) is 10.0 Å². The van der Waals surface area contributed by atoms with Gasteiger partial charge in [0.15, 0.2) is 0 Å². The largest absolute Gasteiger partial charge is 0.380 e. The highest BCUT2D eigenvalue weighted by molar-refractivity contribution is 8.00. The van der Waals surface area contributed by atoms with Crippen molar-refractivity contribution in [1.82, 2.24) is 8.87 Å². The zero-order valence-corrected chi connectivity index (χ0v) is 16.4. The van der Waals surface area contributed by atoms with E-state index in [-0.39, 0.29) is 16.2 Å². The molecule has 2 heterocycles. The quantitative estimate of drug-likeness (QED) is 0.676. The Hall–Kier alpha value is -1.77. The molecule has 1 saturated heterocycles. The van der Waals surface area contributed by atoms with Gasteiger partial charge in [0.05, 0.1) is 22.9 Å². The van der Waals surface area contributed by atoms with Crippen LogP contribution in [0, 0.1) is 6.92 Å². The molecule has 1 aromatic heterocycles. The molecule has 26 heavy (non-hydrogen) atoms. The first-order valence-corrected chi connectivity index (χ1v) is 10.9. The normalized spacial score (nSPS) is 17.8. The van der Waals surface area contributed by atoms with E-state index in [0.29, 0.717) is 31.2 Å². The van der Waals surface area contributed by atoms with E-state index in [0.717, 1.165) is 5.56 Å². The van der Waals surface area contributed by atoms with Gasteiger partial charge < -0.3 is 9.64 Å². The van der Waals surface area contributed by atoms with Crippen LogP contribution in [0.3, 0.4) is 0 Å². The number of aromatic nitrogens is 1. The van der Waals surface area contributed by atoms with Crippen LogP contribution in [-0.2, 0) is 19.6 Å². The van der Waals surface area contributed by atoms with Gasteiger partial charge in [0, 0.05) is 19.3 Å². The van der Waals surface area contributed by atoms with Crippen LogP contribution >= 0.6 is 11.8 Å². The minimum atomic E-state index is -3.71. The molecule has 1 aromatic carbocycles. The maximum Gasteiger partial charge on any atom is 0.267 e. The van der Waals surface area contributed by atoms with Crippen molar-refractivity contribution in [3.05, 3.63) is 53.9 Å². The van der Waals surface area contributed by atoms with E-state index in [1.807, 2.05) is 13.8 Å². The first-order chi connectivity index (χ1) is 12.4. The second kappa shape index (κ2) is 7.85. The molecule has 1 fully saturated rings. The Morgan fingerprint density at radius 1 is 1.23 bits per heavy atom. The number of hydrogen-bond donors (Lipinski definition) is 0. The lowest BCUT2D eigenvalue weighted by atomic mass is 10.2. The Labute approximate surface area is 158 Å². The smallest absolute Gasteiger partial charge is 0.267 e. The fraction of sp³-hybridized carbons (Fsp3) is 0.389. The van der Waals surface area contributed by atoms with Crippen LogP contribution in [0.15, 0.2) is 47.5 Å². The predicted octanol–water partition coefficient (Wildman–Crippen LogP) is 2.64. The van der Waals surface area contributed by atoms with E-state index in [1.54, 1.807) is 41.3 Å². The maximum atomic E-state index is 13.1. The van der Waals surface area contributed by atoms with Crippen LogP contribution in [0.5, 0.6) is 0 Å². The molecule has 8 heteroatoms. The molecule has 0 saturated carbocycles. The Balaban J connectivity index is 1.92. The number of thioether (sulfide) groups is 1. The third-order valence-corrected chi connectivity index (χ3v) is 7.17. The first kappa shape index (κ1) is 19.0. The fourth-order valence-electron chi connectivity index (χ4n) is 2.86. The predicted molar refractivity (Wildman–Crippen MR) is 102 cm³/mol. The van der Waals surface area contributed by atoms with Crippen molar-refractivity contribution in [2.24, 2.45) is 0 Å². The lowest BCUT2D eigenvalue weighted by Crippen LogP contribution is -2.33. The van der Waals surface area contributed by atoms with Gasteiger partial charge in [-0.05, 0) is 38.1 Å². The van der Waals surface area contributed by atoms with Gasteiger partial charge in [-0.3, -0.25) is 4.79 Å². The third-order valence-electron chi connectivity index (χ3n) is 4.22. The average Bonchev–Trinajstić information content (AvgIpc) is 3.23. The molecule has 3 rings (SSSR count). The fourth-order valence-corrected chi connectivity index (χ4v) is 5.54. The number of amides is 1. The van der Waals surface area contributed by atoms with Gasteiger partial charge in [-0.2, -0.15) is 0 Å². The second-order valence-corrected chi connectivity index (χ2v) is 8.88. The third kappa shape index (κ3) is 3.67. The topological polar surface area (TPSA) is 68.6 Å². The van der Waals surface area contributed by atoms with Crippen LogP contribution in [0.1, 0.15) is 23.6 Å². The summed E-state index contributed by atoms with van der Waals surface area (Å²) in [5, 5.41) is -0.335. The van der Waals surface area contributed by atoms with Crippen molar-refractivity contribution in [2.75, 3.05) is 25.5 Å². The molecule has 0 spiro atoms. The van der Waals surface area contributed by atoms with E-state index in [4.69, 9.17) is 4.74 Å². The summed E-state index contributed by atoms with van der Waals surface area (Å²) in [5.74, 6) is 0.340. The Kier molecular flexibility index (Phi) is 5.74. The molecular weight excluding hydrogens is 372 g/mol. The molecule has 1 unspecified atom stereocenters. The second-order valence-electron chi connectivity index (χ2n) is 5.99. The molecule has 0 radical (unpaired) electrons. The summed E-state index contributed by atoms with van der Waals surface area (Å²) in [6, 6.07) is 10.2. The van der Waals surface area contributed by atoms with E-state index in [2.05, 4.69) is 0 Å². The van der Waals surface area contributed by atoms with Crippen molar-refractivity contribution in [3.8, 4) is 0 Å².